The van der Waals surface area contributed by atoms with Gasteiger partial charge >= 0.3 is 0 Å². The van der Waals surface area contributed by atoms with Crippen molar-refractivity contribution in [3.05, 3.63) is 0 Å². The smallest absolute Gasteiger partial charge is 0.0598 e. The summed E-state index contributed by atoms with van der Waals surface area (Å²) in [5.41, 5.74) is 0. The predicted molar refractivity (Wildman–Crippen MR) is 39.2 cm³/mol. The highest BCUT2D eigenvalue weighted by Gasteiger charge is 2.27. The van der Waals surface area contributed by atoms with Crippen LogP contribution in [-0.2, 0) is 0 Å². The van der Waals surface area contributed by atoms with Crippen LogP contribution in [0.3, 0.4) is 0 Å². The molecular formula is C7H16N2. The second-order valence-corrected chi connectivity index (χ2v) is 3.01. The third-order valence-corrected chi connectivity index (χ3v) is 2.39. The van der Waals surface area contributed by atoms with Crippen molar-refractivity contribution < 1.29 is 0 Å². The molecule has 1 saturated heterocycles. The molecule has 0 aromatic rings. The zero-order valence-electron chi connectivity index (χ0n) is 6.44. The fraction of sp³-hybridized carbons (Fsp3) is 1.00. The van der Waals surface area contributed by atoms with E-state index in [9.17, 15) is 0 Å². The van der Waals surface area contributed by atoms with Gasteiger partial charge in [-0.1, -0.05) is 13.8 Å². The van der Waals surface area contributed by atoms with E-state index in [1.165, 1.54) is 0 Å². The summed E-state index contributed by atoms with van der Waals surface area (Å²) in [6.45, 7) is 5.73. The lowest BCUT2D eigenvalue weighted by Crippen LogP contribution is -2.38. The molecular weight excluding hydrogens is 112 g/mol. The van der Waals surface area contributed by atoms with Crippen LogP contribution in [0.25, 0.3) is 0 Å². The quantitative estimate of drug-likeness (QED) is 0.534. The summed E-state index contributed by atoms with van der Waals surface area (Å²) in [6.07, 6.45) is 0.542. The Morgan fingerprint density at radius 2 is 2.11 bits per heavy atom. The Kier molecular flexibility index (Phi) is 2.09. The van der Waals surface area contributed by atoms with Gasteiger partial charge in [-0.05, 0) is 25.4 Å². The molecule has 0 saturated carbocycles. The fourth-order valence-corrected chi connectivity index (χ4v) is 1.38. The van der Waals surface area contributed by atoms with Crippen molar-refractivity contribution in [2.75, 3.05) is 13.6 Å². The van der Waals surface area contributed by atoms with Crippen LogP contribution in [0.15, 0.2) is 0 Å². The van der Waals surface area contributed by atoms with Gasteiger partial charge in [0.05, 0.1) is 6.17 Å². The SMILES string of the molecule is CNC1NCC(C)C1C. The van der Waals surface area contributed by atoms with Crippen molar-refractivity contribution in [1.82, 2.24) is 10.6 Å². The molecule has 54 valence electrons. The van der Waals surface area contributed by atoms with Crippen LogP contribution in [0, 0.1) is 11.8 Å². The van der Waals surface area contributed by atoms with E-state index in [-0.39, 0.29) is 0 Å². The maximum absolute atomic E-state index is 3.39. The number of rotatable bonds is 1. The average molecular weight is 128 g/mol. The Hall–Kier alpha value is -0.0800. The molecule has 2 heteroatoms. The lowest BCUT2D eigenvalue weighted by Gasteiger charge is -2.15. The highest BCUT2D eigenvalue weighted by molar-refractivity contribution is 4.82. The molecule has 0 amide bonds. The number of nitrogens with one attached hydrogen (secondary N) is 2. The van der Waals surface area contributed by atoms with Gasteiger partial charge in [-0.2, -0.15) is 0 Å². The molecule has 1 heterocycles. The third kappa shape index (κ3) is 1.25. The molecule has 1 rings (SSSR count). The van der Waals surface area contributed by atoms with Crippen molar-refractivity contribution in [3.63, 3.8) is 0 Å². The molecule has 0 aromatic heterocycles. The van der Waals surface area contributed by atoms with Crippen molar-refractivity contribution in [2.45, 2.75) is 20.0 Å². The first kappa shape index (κ1) is 7.03. The van der Waals surface area contributed by atoms with Crippen LogP contribution in [0.5, 0.6) is 0 Å². The molecule has 0 radical (unpaired) electrons. The van der Waals surface area contributed by atoms with Crippen LogP contribution in [-0.4, -0.2) is 19.8 Å². The van der Waals surface area contributed by atoms with Crippen molar-refractivity contribution in [1.29, 1.82) is 0 Å². The first-order valence-electron chi connectivity index (χ1n) is 3.66. The molecule has 2 nitrogen and oxygen atoms in total. The molecule has 0 bridgehead atoms. The average Bonchev–Trinajstić information content (AvgIpc) is 2.15. The summed E-state index contributed by atoms with van der Waals surface area (Å²) in [4.78, 5) is 0. The molecule has 0 aromatic carbocycles. The summed E-state index contributed by atoms with van der Waals surface area (Å²) in [7, 11) is 2.01. The molecule has 2 N–H and O–H groups in total. The topological polar surface area (TPSA) is 24.1 Å². The van der Waals surface area contributed by atoms with Crippen molar-refractivity contribution in [2.24, 2.45) is 11.8 Å². The minimum atomic E-state index is 0.542. The summed E-state index contributed by atoms with van der Waals surface area (Å²) < 4.78 is 0. The van der Waals surface area contributed by atoms with Gasteiger partial charge in [0.25, 0.3) is 0 Å². The second-order valence-electron chi connectivity index (χ2n) is 3.01. The Morgan fingerprint density at radius 3 is 2.33 bits per heavy atom. The highest BCUT2D eigenvalue weighted by atomic mass is 15.1. The second kappa shape index (κ2) is 2.67. The number of hydrogen-bond acceptors (Lipinski definition) is 2. The van der Waals surface area contributed by atoms with Crippen LogP contribution in [0.4, 0.5) is 0 Å². The third-order valence-electron chi connectivity index (χ3n) is 2.39. The lowest BCUT2D eigenvalue weighted by molar-refractivity contribution is 0.380. The van der Waals surface area contributed by atoms with Gasteiger partial charge in [0, 0.05) is 0 Å². The van der Waals surface area contributed by atoms with E-state index in [1.54, 1.807) is 0 Å². The first-order chi connectivity index (χ1) is 4.25. The van der Waals surface area contributed by atoms with Gasteiger partial charge in [-0.3, -0.25) is 0 Å². The first-order valence-corrected chi connectivity index (χ1v) is 3.66. The van der Waals surface area contributed by atoms with Crippen LogP contribution in [0.2, 0.25) is 0 Å². The summed E-state index contributed by atoms with van der Waals surface area (Å²) in [5, 5.41) is 6.63. The van der Waals surface area contributed by atoms with Crippen LogP contribution in [0.1, 0.15) is 13.8 Å². The fourth-order valence-electron chi connectivity index (χ4n) is 1.38. The monoisotopic (exact) mass is 128 g/mol. The van der Waals surface area contributed by atoms with Crippen molar-refractivity contribution >= 4 is 0 Å². The standard InChI is InChI=1S/C7H16N2/c1-5-4-9-7(8-3)6(5)2/h5-9H,4H2,1-3H3. The van der Waals surface area contributed by atoms with Gasteiger partial charge in [0.2, 0.25) is 0 Å². The van der Waals surface area contributed by atoms with Gasteiger partial charge in [0.15, 0.2) is 0 Å². The molecule has 1 aliphatic heterocycles. The Labute approximate surface area is 57.0 Å². The molecule has 1 aliphatic rings. The van der Waals surface area contributed by atoms with E-state index in [2.05, 4.69) is 24.5 Å². The maximum atomic E-state index is 3.39. The molecule has 1 fully saturated rings. The minimum absolute atomic E-state index is 0.542. The molecule has 0 spiro atoms. The minimum Gasteiger partial charge on any atom is -0.305 e. The van der Waals surface area contributed by atoms with Crippen LogP contribution < -0.4 is 10.6 Å². The zero-order chi connectivity index (χ0) is 6.85. The van der Waals surface area contributed by atoms with Crippen LogP contribution >= 0.6 is 0 Å². The maximum Gasteiger partial charge on any atom is 0.0598 e. The summed E-state index contributed by atoms with van der Waals surface area (Å²) in [6, 6.07) is 0. The van der Waals surface area contributed by atoms with Crippen molar-refractivity contribution in [3.8, 4) is 0 Å². The van der Waals surface area contributed by atoms with E-state index < -0.39 is 0 Å². The Morgan fingerprint density at radius 1 is 1.44 bits per heavy atom. The largest absolute Gasteiger partial charge is 0.305 e. The Bertz CT molecular complexity index is 92.9. The highest BCUT2D eigenvalue weighted by Crippen LogP contribution is 2.18. The van der Waals surface area contributed by atoms with Gasteiger partial charge < -0.3 is 10.6 Å². The zero-order valence-corrected chi connectivity index (χ0v) is 6.44. The van der Waals surface area contributed by atoms with E-state index in [0.717, 1.165) is 18.4 Å². The summed E-state index contributed by atoms with van der Waals surface area (Å²) in [5.74, 6) is 1.59. The summed E-state index contributed by atoms with van der Waals surface area (Å²) >= 11 is 0. The number of hydrogen-bond donors (Lipinski definition) is 2. The molecule has 0 aliphatic carbocycles. The van der Waals surface area contributed by atoms with Gasteiger partial charge in [-0.15, -0.1) is 0 Å². The van der Waals surface area contributed by atoms with Gasteiger partial charge in [0.1, 0.15) is 0 Å². The van der Waals surface area contributed by atoms with Gasteiger partial charge in [-0.25, -0.2) is 0 Å². The molecule has 3 atom stereocenters. The van der Waals surface area contributed by atoms with E-state index in [4.69, 9.17) is 0 Å². The van der Waals surface area contributed by atoms with E-state index in [0.29, 0.717) is 6.17 Å². The predicted octanol–water partition coefficient (Wildman–Crippen LogP) is 0.407. The van der Waals surface area contributed by atoms with E-state index in [1.807, 2.05) is 7.05 Å². The molecule has 3 unspecified atom stereocenters. The normalized spacial score (nSPS) is 43.7. The molecule has 9 heavy (non-hydrogen) atoms. The van der Waals surface area contributed by atoms with E-state index >= 15 is 0 Å². The lowest BCUT2D eigenvalue weighted by atomic mass is 9.98. The Balaban J connectivity index is 2.41.